The Morgan fingerprint density at radius 3 is 0.740 bits per heavy atom. The van der Waals surface area contributed by atoms with Crippen molar-refractivity contribution in [3.8, 4) is 157 Å². The number of benzene rings is 15. The first-order chi connectivity index (χ1) is 72.1. The molecule has 0 aliphatic carbocycles. The Morgan fingerprint density at radius 1 is 0.180 bits per heavy atom. The Balaban J connectivity index is 0.000000150. The predicted octanol–water partition coefficient (Wildman–Crippen LogP) is 36.9. The number of aromatic nitrogens is 6. The van der Waals surface area contributed by atoms with Gasteiger partial charge in [-0.15, -0.1) is 214 Å². The van der Waals surface area contributed by atoms with Crippen molar-refractivity contribution in [1.82, 2.24) is 29.9 Å². The van der Waals surface area contributed by atoms with E-state index in [0.717, 1.165) is 79.5 Å². The van der Waals surface area contributed by atoms with Crippen molar-refractivity contribution in [2.24, 2.45) is 0 Å². The largest absolute Gasteiger partial charge is 0.305 e. The zero-order valence-corrected chi connectivity index (χ0v) is 94.4. The second-order valence-electron chi connectivity index (χ2n) is 37.7. The van der Waals surface area contributed by atoms with Gasteiger partial charge in [-0.2, -0.15) is 0 Å². The monoisotopic (exact) mass is 2480 g/mol. The van der Waals surface area contributed by atoms with E-state index in [2.05, 4.69) is 396 Å². The summed E-state index contributed by atoms with van der Waals surface area (Å²) < 4.78 is 0. The zero-order chi connectivity index (χ0) is 102. The van der Waals surface area contributed by atoms with E-state index >= 15 is 0 Å². The molecule has 15 aromatic carbocycles. The normalized spacial score (nSPS) is 10.5. The first-order valence-electron chi connectivity index (χ1n) is 51.4. The molecule has 0 aliphatic rings. The molecule has 21 aromatic rings. The number of unbranched alkanes of at least 4 members (excludes halogenated alkanes) is 6. The minimum atomic E-state index is 0. The van der Waals surface area contributed by atoms with Crippen LogP contribution in [0.25, 0.3) is 157 Å². The van der Waals surface area contributed by atoms with E-state index < -0.39 is 0 Å². The van der Waals surface area contributed by atoms with Crippen molar-refractivity contribution in [2.45, 2.75) is 140 Å². The summed E-state index contributed by atoms with van der Waals surface area (Å²) in [4.78, 5) is 27.1. The smallest absolute Gasteiger partial charge is 0.0239 e. The fourth-order valence-electron chi connectivity index (χ4n) is 19.2. The molecule has 0 unspecified atom stereocenters. The van der Waals surface area contributed by atoms with Gasteiger partial charge < -0.3 is 29.9 Å². The average Bonchev–Trinajstić information content (AvgIpc) is 0.808. The summed E-state index contributed by atoms with van der Waals surface area (Å²) in [5.74, 6) is 0. The van der Waals surface area contributed by atoms with Crippen LogP contribution in [-0.2, 0) is 79.6 Å². The van der Waals surface area contributed by atoms with Crippen LogP contribution in [-0.4, -0.2) is 29.9 Å². The van der Waals surface area contributed by atoms with E-state index in [1.165, 1.54) is 214 Å². The van der Waals surface area contributed by atoms with E-state index in [9.17, 15) is 0 Å². The average molecular weight is 2480 g/mol. The van der Waals surface area contributed by atoms with Crippen LogP contribution in [0, 0.1) is 98.7 Å². The maximum Gasteiger partial charge on any atom is 0.0239 e. The van der Waals surface area contributed by atoms with Crippen LogP contribution in [0.15, 0.2) is 450 Å². The first-order valence-corrected chi connectivity index (χ1v) is 51.4. The molecule has 0 amide bonds. The molecule has 3 radical (unpaired) electrons. The van der Waals surface area contributed by atoms with Crippen LogP contribution >= 0.6 is 0 Å². The Bertz CT molecular complexity index is 7240. The Kier molecular flexibility index (Phi) is 43.6. The summed E-state index contributed by atoms with van der Waals surface area (Å²) in [7, 11) is 0. The second kappa shape index (κ2) is 58.2. The third-order valence-corrected chi connectivity index (χ3v) is 26.2. The van der Waals surface area contributed by atoms with Crippen molar-refractivity contribution in [2.75, 3.05) is 0 Å². The zero-order valence-electron chi connectivity index (χ0n) is 87.2. The first kappa shape index (κ1) is 112. The molecule has 0 bridgehead atoms. The van der Waals surface area contributed by atoms with Gasteiger partial charge in [0.15, 0.2) is 0 Å². The van der Waals surface area contributed by atoms with E-state index in [4.69, 9.17) is 0 Å². The van der Waals surface area contributed by atoms with E-state index in [1.807, 2.05) is 189 Å². The second-order valence-corrected chi connectivity index (χ2v) is 37.7. The molecule has 753 valence electrons. The van der Waals surface area contributed by atoms with Gasteiger partial charge >= 0.3 is 0 Å². The van der Waals surface area contributed by atoms with E-state index in [0.29, 0.717) is 0 Å². The van der Waals surface area contributed by atoms with Crippen LogP contribution in [0.5, 0.6) is 0 Å². The molecule has 6 heterocycles. The molecule has 6 aromatic heterocycles. The van der Waals surface area contributed by atoms with Crippen LogP contribution in [0.2, 0.25) is 0 Å². The van der Waals surface area contributed by atoms with Crippen LogP contribution in [0.3, 0.4) is 0 Å². The molecule has 0 N–H and O–H groups in total. The summed E-state index contributed by atoms with van der Waals surface area (Å²) in [5, 5.41) is 0. The number of pyridine rings is 6. The van der Waals surface area contributed by atoms with Crippen molar-refractivity contribution in [3.05, 3.63) is 553 Å². The van der Waals surface area contributed by atoms with Crippen LogP contribution in [0.4, 0.5) is 0 Å². The molecular weight excluding hydrogens is 2350 g/mol. The van der Waals surface area contributed by atoms with Gasteiger partial charge in [0.2, 0.25) is 0 Å². The number of rotatable bonds is 26. The van der Waals surface area contributed by atoms with Crippen LogP contribution in [0.1, 0.15) is 125 Å². The fraction of sp³-hybridized carbons (Fsp3) is 0.149. The van der Waals surface area contributed by atoms with Crippen LogP contribution < -0.4 is 0 Å². The molecule has 0 atom stereocenters. The van der Waals surface area contributed by atoms with Gasteiger partial charge in [-0.1, -0.05) is 311 Å². The van der Waals surface area contributed by atoms with Gasteiger partial charge in [0.1, 0.15) is 0 Å². The summed E-state index contributed by atoms with van der Waals surface area (Å²) in [6.45, 7) is 21.6. The minimum Gasteiger partial charge on any atom is -0.305 e. The van der Waals surface area contributed by atoms with Crippen molar-refractivity contribution >= 4 is 0 Å². The standard InChI is InChI=1S/C29H20N.C29H28N.C23H24N.3C20H18N.3Ir/c1-2-9-22(10-3-1)23-11-6-12-24(19-23)25-13-7-14-26(20-25)27-15-8-16-28(21-27)29-17-4-5-18-30-29;1(4-12-24-13-6-3-7-14-24)2-5-15-25-16-10-17-26(22-25)27-18-11-19-28(23-27)29-20-8-9-21-30-29;1-2-3-4-5-10-19-11-8-12-20(17-19)21-13-9-14-22(18-21)23-15-6-7-16-24-23;3*1-14-11-15(2)20(16(3)12-14)18-9-10-19(21-13-18)17-7-5-4-6-8-17;;;/h1-15,17-21H;3,6-11,13-14,16-18,20-23H,1-2,4-5,12,15H2;6-9,11-13,15-18H,2-5,10H2,1H3;3*4-7,9-13H,1-3H3;;;/q6*-1;;;. The topological polar surface area (TPSA) is 77.3 Å². The van der Waals surface area contributed by atoms with E-state index in [1.54, 1.807) is 0 Å². The van der Waals surface area contributed by atoms with Crippen molar-refractivity contribution in [1.29, 1.82) is 0 Å². The minimum absolute atomic E-state index is 0. The van der Waals surface area contributed by atoms with Crippen molar-refractivity contribution in [3.63, 3.8) is 0 Å². The van der Waals surface area contributed by atoms with E-state index in [-0.39, 0.29) is 60.3 Å². The predicted molar refractivity (Wildman–Crippen MR) is 617 cm³/mol. The maximum absolute atomic E-state index is 4.60. The molecule has 150 heavy (non-hydrogen) atoms. The molecule has 0 saturated heterocycles. The molecular formula is C141H126Ir3N6-6. The molecule has 0 fully saturated rings. The van der Waals surface area contributed by atoms with Gasteiger partial charge in [-0.05, 0) is 288 Å². The number of hydrogen-bond acceptors (Lipinski definition) is 6. The molecule has 9 heteroatoms. The maximum atomic E-state index is 4.60. The third-order valence-electron chi connectivity index (χ3n) is 26.2. The summed E-state index contributed by atoms with van der Waals surface area (Å²) >= 11 is 0. The molecule has 0 saturated carbocycles. The van der Waals surface area contributed by atoms with Gasteiger partial charge in [-0.25, -0.2) is 0 Å². The van der Waals surface area contributed by atoms with Gasteiger partial charge in [0.25, 0.3) is 0 Å². The SMILES string of the molecule is CCCCCCc1cccc(-c2cc[c-]c(-c3ccccn3)c2)c1.Cc1cc(C)c(-c2ccc(-c3[c-]cccc3)nc2)c(C)c1.Cc1cc(C)c(-c2ccc(-c3[c-]cccc3)nc2)c(C)c1.Cc1cc(C)c(-c2ccc(-c3[c-]cccc3)nc2)c(C)c1.[Ir].[Ir].[Ir].[c-]1ccc(-c2cccc(-c3cccc(-c4ccccc4)c3)c2)cc1-c1ccccn1.[c-]1ccc(-c2cccc(CCCCCCc3ccccc3)c2)cc1-c1ccccn1. The molecule has 6 nitrogen and oxygen atoms in total. The number of aryl methyl sites for hydroxylation is 12. The molecule has 0 aliphatic heterocycles. The Hall–Kier alpha value is -14.9. The third kappa shape index (κ3) is 32.3. The Morgan fingerprint density at radius 2 is 0.440 bits per heavy atom. The summed E-state index contributed by atoms with van der Waals surface area (Å²) in [6, 6.07) is 163. The van der Waals surface area contributed by atoms with Gasteiger partial charge in [0, 0.05) is 97.5 Å². The fourth-order valence-corrected chi connectivity index (χ4v) is 19.2. The Labute approximate surface area is 931 Å². The molecule has 21 rings (SSSR count). The number of nitrogens with zero attached hydrogens (tertiary/aromatic N) is 6. The summed E-state index contributed by atoms with van der Waals surface area (Å²) in [6.07, 6.45) is 25.2. The van der Waals surface area contributed by atoms with Gasteiger partial charge in [0.05, 0.1) is 0 Å². The number of hydrogen-bond donors (Lipinski definition) is 0. The quantitative estimate of drug-likeness (QED) is 0.0397. The summed E-state index contributed by atoms with van der Waals surface area (Å²) in [5.41, 5.74) is 47.5. The molecule has 0 spiro atoms. The van der Waals surface area contributed by atoms with Gasteiger partial charge in [-0.3, -0.25) is 0 Å². The van der Waals surface area contributed by atoms with Crippen molar-refractivity contribution < 1.29 is 60.3 Å².